The fourth-order valence-corrected chi connectivity index (χ4v) is 4.57. The first kappa shape index (κ1) is 38.9. The van der Waals surface area contributed by atoms with E-state index in [0.717, 1.165) is 11.4 Å². The largest absolute Gasteiger partial charge is 0.497 e. The standard InChI is InChI=1S/C34H32F6N4O6/c1-19(2)27(29(45)34(39,40)32(48)42-18-33(36,37)38)43-31(47)28(22-10-12-24(49-3)13-11-22)44-30(46)26(16-20-6-4-8-23(35)14-20)50-25-9-5-7-21(15-25)17-41/h4-15,19,26-28H,16,18H2,1-3H3,(H,42,48)(H,43,47)(H,44,46). The van der Waals surface area contributed by atoms with Crippen molar-refractivity contribution in [3.8, 4) is 17.6 Å². The van der Waals surface area contributed by atoms with Crippen molar-refractivity contribution in [2.24, 2.45) is 5.92 Å². The van der Waals surface area contributed by atoms with E-state index >= 15 is 0 Å². The number of nitriles is 1. The predicted octanol–water partition coefficient (Wildman–Crippen LogP) is 4.58. The Labute approximate surface area is 282 Å². The van der Waals surface area contributed by atoms with Crippen molar-refractivity contribution in [2.75, 3.05) is 13.7 Å². The van der Waals surface area contributed by atoms with E-state index in [4.69, 9.17) is 9.47 Å². The smallest absolute Gasteiger partial charge is 0.405 e. The zero-order valence-electron chi connectivity index (χ0n) is 26.8. The normalized spacial score (nSPS) is 13.3. The number of amides is 3. The van der Waals surface area contributed by atoms with Crippen LogP contribution in [-0.2, 0) is 25.6 Å². The minimum Gasteiger partial charge on any atom is -0.497 e. The van der Waals surface area contributed by atoms with Gasteiger partial charge in [-0.2, -0.15) is 27.2 Å². The maximum Gasteiger partial charge on any atom is 0.405 e. The molecule has 0 spiro atoms. The maximum absolute atomic E-state index is 14.8. The van der Waals surface area contributed by atoms with Crippen molar-refractivity contribution in [1.29, 1.82) is 5.26 Å². The number of hydrogen-bond acceptors (Lipinski definition) is 7. The number of ether oxygens (including phenoxy) is 2. The van der Waals surface area contributed by atoms with Crippen molar-refractivity contribution < 1.29 is 55.0 Å². The van der Waals surface area contributed by atoms with Crippen LogP contribution in [0.5, 0.6) is 11.5 Å². The van der Waals surface area contributed by atoms with Crippen molar-refractivity contribution >= 4 is 23.5 Å². The Kier molecular flexibility index (Phi) is 13.0. The van der Waals surface area contributed by atoms with Gasteiger partial charge in [0.2, 0.25) is 11.7 Å². The van der Waals surface area contributed by atoms with Gasteiger partial charge in [-0.15, -0.1) is 0 Å². The highest BCUT2D eigenvalue weighted by atomic mass is 19.4. The van der Waals surface area contributed by atoms with Gasteiger partial charge in [0.25, 0.3) is 11.8 Å². The van der Waals surface area contributed by atoms with E-state index in [1.54, 1.807) is 0 Å². The number of nitrogens with one attached hydrogen (secondary N) is 3. The zero-order valence-corrected chi connectivity index (χ0v) is 26.8. The van der Waals surface area contributed by atoms with Gasteiger partial charge in [0, 0.05) is 6.42 Å². The van der Waals surface area contributed by atoms with E-state index in [9.17, 15) is 50.8 Å². The lowest BCUT2D eigenvalue weighted by atomic mass is 9.94. The molecule has 3 atom stereocenters. The number of halogens is 6. The number of hydrogen-bond donors (Lipinski definition) is 3. The highest BCUT2D eigenvalue weighted by Crippen LogP contribution is 2.25. The third-order valence-corrected chi connectivity index (χ3v) is 7.13. The Bertz CT molecular complexity index is 1730. The van der Waals surface area contributed by atoms with E-state index in [1.165, 1.54) is 87.7 Å². The molecule has 3 rings (SSSR count). The zero-order chi connectivity index (χ0) is 37.2. The summed E-state index contributed by atoms with van der Waals surface area (Å²) < 4.78 is 92.3. The number of carbonyl (C=O) groups excluding carboxylic acids is 4. The van der Waals surface area contributed by atoms with Gasteiger partial charge in [-0.3, -0.25) is 19.2 Å². The second-order valence-corrected chi connectivity index (χ2v) is 11.3. The number of rotatable bonds is 15. The number of methoxy groups -OCH3 is 1. The van der Waals surface area contributed by atoms with Crippen LogP contribution in [0.4, 0.5) is 26.3 Å². The van der Waals surface area contributed by atoms with Gasteiger partial charge in [-0.25, -0.2) is 4.39 Å². The molecule has 3 aromatic carbocycles. The second kappa shape index (κ2) is 16.7. The molecular formula is C34H32F6N4O6. The number of nitrogens with zero attached hydrogens (tertiary/aromatic N) is 1. The Morgan fingerprint density at radius 1 is 0.860 bits per heavy atom. The number of Topliss-reactive ketones (excluding diaryl/α,β-unsaturated/α-hetero) is 1. The van der Waals surface area contributed by atoms with Crippen molar-refractivity contribution in [1.82, 2.24) is 16.0 Å². The molecular weight excluding hydrogens is 674 g/mol. The van der Waals surface area contributed by atoms with Gasteiger partial charge < -0.3 is 25.4 Å². The summed E-state index contributed by atoms with van der Waals surface area (Å²) in [4.78, 5) is 52.4. The van der Waals surface area contributed by atoms with Crippen LogP contribution in [0.3, 0.4) is 0 Å². The summed E-state index contributed by atoms with van der Waals surface area (Å²) in [6.45, 7) is 0.357. The van der Waals surface area contributed by atoms with Gasteiger partial charge in [0.05, 0.1) is 24.8 Å². The number of carbonyl (C=O) groups is 4. The molecule has 10 nitrogen and oxygen atoms in total. The van der Waals surface area contributed by atoms with Gasteiger partial charge in [-0.1, -0.05) is 44.2 Å². The van der Waals surface area contributed by atoms with Crippen LogP contribution in [0.1, 0.15) is 36.6 Å². The first-order valence-electron chi connectivity index (χ1n) is 14.9. The van der Waals surface area contributed by atoms with Crippen LogP contribution in [-0.4, -0.2) is 61.4 Å². The molecule has 16 heteroatoms. The maximum atomic E-state index is 14.8. The molecule has 0 bridgehead atoms. The quantitative estimate of drug-likeness (QED) is 0.155. The summed E-state index contributed by atoms with van der Waals surface area (Å²) in [6, 6.07) is 14.6. The molecule has 0 heterocycles. The van der Waals surface area contributed by atoms with E-state index < -0.39 is 72.1 Å². The molecule has 0 aromatic heterocycles. The summed E-state index contributed by atoms with van der Waals surface area (Å²) in [5.41, 5.74) is 0.567. The van der Waals surface area contributed by atoms with Crippen LogP contribution >= 0.6 is 0 Å². The number of benzene rings is 3. The number of ketones is 1. The lowest BCUT2D eigenvalue weighted by Crippen LogP contribution is -2.58. The second-order valence-electron chi connectivity index (χ2n) is 11.3. The molecule has 0 saturated carbocycles. The first-order valence-corrected chi connectivity index (χ1v) is 14.9. The molecule has 3 amide bonds. The average molecular weight is 707 g/mol. The fourth-order valence-electron chi connectivity index (χ4n) is 4.57. The third-order valence-electron chi connectivity index (χ3n) is 7.13. The minimum absolute atomic E-state index is 0.0669. The van der Waals surface area contributed by atoms with E-state index in [0.29, 0.717) is 11.3 Å². The Morgan fingerprint density at radius 3 is 2.10 bits per heavy atom. The molecule has 0 aliphatic rings. The van der Waals surface area contributed by atoms with Crippen LogP contribution in [0.25, 0.3) is 0 Å². The van der Waals surface area contributed by atoms with Crippen molar-refractivity contribution in [2.45, 2.75) is 50.6 Å². The molecule has 50 heavy (non-hydrogen) atoms. The van der Waals surface area contributed by atoms with Gasteiger partial charge >= 0.3 is 12.1 Å². The topological polar surface area (TPSA) is 147 Å². The van der Waals surface area contributed by atoms with Gasteiger partial charge in [0.15, 0.2) is 6.10 Å². The molecule has 3 unspecified atom stereocenters. The fraction of sp³-hybridized carbons (Fsp3) is 0.324. The Balaban J connectivity index is 1.97. The van der Waals surface area contributed by atoms with Crippen molar-refractivity contribution in [3.63, 3.8) is 0 Å². The molecule has 266 valence electrons. The van der Waals surface area contributed by atoms with E-state index in [2.05, 4.69) is 10.6 Å². The molecule has 0 radical (unpaired) electrons. The molecule has 3 N–H and O–H groups in total. The van der Waals surface area contributed by atoms with Crippen LogP contribution in [0.15, 0.2) is 72.8 Å². The summed E-state index contributed by atoms with van der Waals surface area (Å²) in [5, 5.41) is 14.8. The third kappa shape index (κ3) is 10.7. The predicted molar refractivity (Wildman–Crippen MR) is 165 cm³/mol. The van der Waals surface area contributed by atoms with Crippen LogP contribution < -0.4 is 25.4 Å². The van der Waals surface area contributed by atoms with E-state index in [-0.39, 0.29) is 23.3 Å². The summed E-state index contributed by atoms with van der Waals surface area (Å²) in [7, 11) is 1.36. The Hall–Kier alpha value is -5.59. The SMILES string of the molecule is COc1ccc(C(NC(=O)C(Cc2cccc(F)c2)Oc2cccc(C#N)c2)C(=O)NC(C(=O)C(F)(F)C(=O)NCC(F)(F)F)C(C)C)cc1. The molecule has 0 aliphatic heterocycles. The Morgan fingerprint density at radius 2 is 1.52 bits per heavy atom. The van der Waals surface area contributed by atoms with Crippen molar-refractivity contribution in [3.05, 3.63) is 95.3 Å². The average Bonchev–Trinajstić information content (AvgIpc) is 3.07. The summed E-state index contributed by atoms with van der Waals surface area (Å²) in [5.74, 6) is -13.2. The summed E-state index contributed by atoms with van der Waals surface area (Å²) >= 11 is 0. The number of alkyl halides is 5. The minimum atomic E-state index is -5.04. The molecule has 0 fully saturated rings. The van der Waals surface area contributed by atoms with Gasteiger partial charge in [0.1, 0.15) is 29.9 Å². The monoisotopic (exact) mass is 706 g/mol. The van der Waals surface area contributed by atoms with E-state index in [1.807, 2.05) is 6.07 Å². The van der Waals surface area contributed by atoms with Crippen LogP contribution in [0.2, 0.25) is 0 Å². The molecule has 0 aliphatic carbocycles. The van der Waals surface area contributed by atoms with Gasteiger partial charge in [-0.05, 0) is 59.5 Å². The lowest BCUT2D eigenvalue weighted by Gasteiger charge is -2.28. The molecule has 0 saturated heterocycles. The van der Waals surface area contributed by atoms with Crippen LogP contribution in [0, 0.1) is 23.1 Å². The molecule has 3 aromatic rings. The lowest BCUT2D eigenvalue weighted by molar-refractivity contribution is -0.165. The highest BCUT2D eigenvalue weighted by Gasteiger charge is 2.52. The first-order chi connectivity index (χ1) is 23.4. The summed E-state index contributed by atoms with van der Waals surface area (Å²) in [6.07, 6.45) is -6.76. The highest BCUT2D eigenvalue weighted by molar-refractivity contribution is 6.10.